The third-order valence-corrected chi connectivity index (χ3v) is 0. The zero-order valence-electron chi connectivity index (χ0n) is 3.17. The maximum atomic E-state index is 8.24. The van der Waals surface area contributed by atoms with Crippen molar-refractivity contribution in [2.24, 2.45) is 0 Å². The van der Waals surface area contributed by atoms with Crippen molar-refractivity contribution in [2.75, 3.05) is 0 Å². The third kappa shape index (κ3) is 84.4. The first-order chi connectivity index (χ1) is 1.41. The first-order valence-electron chi connectivity index (χ1n) is 0.428. The zero-order chi connectivity index (χ0) is 2.71. The topological polar surface area (TPSA) is 39.4 Å². The van der Waals surface area contributed by atoms with Gasteiger partial charge in [0.2, 0.25) is 0 Å². The number of hydrogen-bond donors (Lipinski definition) is 0. The second-order valence-electron chi connectivity index (χ2n) is 0.0913. The van der Waals surface area contributed by atoms with Crippen molar-refractivity contribution < 1.29 is 34.4 Å². The Hall–Kier alpha value is 0.960. The number of carbonyl (C=O) groups excluding carboxylic acids is 1. The van der Waals surface area contributed by atoms with Crippen LogP contribution in [-0.4, -0.2) is 6.08 Å². The Labute approximate surface area is 70.3 Å². The van der Waals surface area contributed by atoms with Crippen LogP contribution in [0.3, 0.4) is 0 Å². The second kappa shape index (κ2) is 38.2. The van der Waals surface area contributed by atoms with E-state index in [4.69, 9.17) is 10.2 Å². The minimum Gasteiger partial charge on any atom is -0.724 e. The number of nitrogens with zero attached hydrogens (tertiary/aromatic N) is 1. The molecule has 0 rings (SSSR count). The second-order valence-corrected chi connectivity index (χ2v) is 0.0913. The molecular weight excluding hydrogens is 136 g/mol. The van der Waals surface area contributed by atoms with E-state index in [1.54, 1.807) is 0 Å². The van der Waals surface area contributed by atoms with E-state index >= 15 is 0 Å². The summed E-state index contributed by atoms with van der Waals surface area (Å²) in [6.07, 6.45) is 0.500. The maximum absolute atomic E-state index is 8.24. The molecule has 5 heteroatoms. The van der Waals surface area contributed by atoms with E-state index in [0.29, 0.717) is 6.08 Å². The molecule has 0 unspecified atom stereocenters. The van der Waals surface area contributed by atoms with Crippen LogP contribution in [0.4, 0.5) is 0 Å². The molecule has 0 bridgehead atoms. The normalized spacial score (nSPS) is 1.33. The van der Waals surface area contributed by atoms with Crippen molar-refractivity contribution in [1.82, 2.24) is 0 Å². The summed E-state index contributed by atoms with van der Waals surface area (Å²) in [6, 6.07) is 0. The molecule has 0 aromatic carbocycles. The molecule has 0 saturated carbocycles. The molecule has 0 N–H and O–H groups in total. The maximum Gasteiger partial charge on any atom is 1.00 e. The smallest absolute Gasteiger partial charge is 0.724 e. The van der Waals surface area contributed by atoms with Gasteiger partial charge in [-0.05, 0) is 6.08 Å². The predicted octanol–water partition coefficient (Wildman–Crippen LogP) is -2.26. The van der Waals surface area contributed by atoms with Crippen LogP contribution >= 0.6 is 24.8 Å². The molecule has 0 aliphatic heterocycles. The number of halogens is 2. The van der Waals surface area contributed by atoms with Crippen LogP contribution < -0.4 is 29.6 Å². The number of isocyanates is 1. The van der Waals surface area contributed by atoms with E-state index in [9.17, 15) is 0 Å². The van der Waals surface area contributed by atoms with Crippen molar-refractivity contribution in [3.05, 3.63) is 5.41 Å². The molecule has 2 nitrogen and oxygen atoms in total. The van der Waals surface area contributed by atoms with Crippen LogP contribution in [0.15, 0.2) is 0 Å². The summed E-state index contributed by atoms with van der Waals surface area (Å²) < 4.78 is 0. The van der Waals surface area contributed by atoms with Crippen molar-refractivity contribution >= 4 is 30.9 Å². The molecule has 0 aliphatic rings. The molecule has 0 saturated heterocycles. The molecule has 6 heavy (non-hydrogen) atoms. The van der Waals surface area contributed by atoms with Crippen LogP contribution in [0.1, 0.15) is 0 Å². The average Bonchev–Trinajstić information content (AvgIpc) is 0.918. The molecule has 0 aliphatic carbocycles. The monoisotopic (exact) mass is 137 g/mol. The van der Waals surface area contributed by atoms with E-state index < -0.39 is 0 Å². The van der Waals surface area contributed by atoms with Crippen LogP contribution in [0.2, 0.25) is 0 Å². The van der Waals surface area contributed by atoms with E-state index in [1.807, 2.05) is 0 Å². The molecule has 0 aromatic rings. The van der Waals surface area contributed by atoms with Gasteiger partial charge in [0.25, 0.3) is 0 Å². The molecule has 0 radical (unpaired) electrons. The van der Waals surface area contributed by atoms with Gasteiger partial charge in [-0.15, -0.1) is 24.8 Å². The standard InChI is InChI=1S/CNO.2ClH.Na/c2-1-3;;;/h;2*1H;/q-1;;;+1. The summed E-state index contributed by atoms with van der Waals surface area (Å²) in [5, 5.41) is 6.76. The number of rotatable bonds is 0. The summed E-state index contributed by atoms with van der Waals surface area (Å²) in [6.45, 7) is 0. The molecule has 0 aromatic heterocycles. The van der Waals surface area contributed by atoms with Crippen molar-refractivity contribution in [1.29, 1.82) is 0 Å². The SMILES string of the molecule is Cl.Cl.[N-]=C=O.[Na+]. The fourth-order valence-electron chi connectivity index (χ4n) is 0. The minimum atomic E-state index is 0. The zero-order valence-corrected chi connectivity index (χ0v) is 6.80. The molecule has 0 spiro atoms. The van der Waals surface area contributed by atoms with Crippen molar-refractivity contribution in [3.63, 3.8) is 0 Å². The molecule has 32 valence electrons. The first-order valence-corrected chi connectivity index (χ1v) is 0.428. The average molecular weight is 138 g/mol. The Morgan fingerprint density at radius 2 is 1.33 bits per heavy atom. The summed E-state index contributed by atoms with van der Waals surface area (Å²) >= 11 is 0. The van der Waals surface area contributed by atoms with E-state index in [0.717, 1.165) is 0 Å². The predicted molar refractivity (Wildman–Crippen MR) is 23.5 cm³/mol. The third-order valence-electron chi connectivity index (χ3n) is 0. The molecule has 0 amide bonds. The van der Waals surface area contributed by atoms with Crippen molar-refractivity contribution in [3.8, 4) is 0 Å². The van der Waals surface area contributed by atoms with Crippen LogP contribution in [0.25, 0.3) is 5.41 Å². The summed E-state index contributed by atoms with van der Waals surface area (Å²) in [5.74, 6) is 0. The summed E-state index contributed by atoms with van der Waals surface area (Å²) in [5.41, 5.74) is 0. The van der Waals surface area contributed by atoms with Gasteiger partial charge in [-0.1, -0.05) is 0 Å². The van der Waals surface area contributed by atoms with Gasteiger partial charge in [0.15, 0.2) is 0 Å². The van der Waals surface area contributed by atoms with Gasteiger partial charge in [-0.2, -0.15) is 0 Å². The van der Waals surface area contributed by atoms with Gasteiger partial charge < -0.3 is 5.41 Å². The van der Waals surface area contributed by atoms with Crippen LogP contribution in [-0.2, 0) is 4.79 Å². The Morgan fingerprint density at radius 3 is 1.33 bits per heavy atom. The quantitative estimate of drug-likeness (QED) is 0.211. The fourth-order valence-corrected chi connectivity index (χ4v) is 0. The van der Waals surface area contributed by atoms with Gasteiger partial charge in [0.05, 0.1) is 0 Å². The van der Waals surface area contributed by atoms with Gasteiger partial charge >= 0.3 is 29.6 Å². The molecule has 0 atom stereocenters. The van der Waals surface area contributed by atoms with E-state index in [2.05, 4.69) is 0 Å². The van der Waals surface area contributed by atoms with E-state index in [1.165, 1.54) is 0 Å². The Kier molecular flexibility index (Phi) is 180. The Morgan fingerprint density at radius 1 is 1.33 bits per heavy atom. The van der Waals surface area contributed by atoms with E-state index in [-0.39, 0.29) is 54.4 Å². The molecular formula is CH2Cl2NNaO. The largest absolute Gasteiger partial charge is 1.00 e. The molecule has 0 heterocycles. The van der Waals surface area contributed by atoms with Crippen LogP contribution in [0.5, 0.6) is 0 Å². The first kappa shape index (κ1) is 28.2. The number of hydrogen-bond acceptors (Lipinski definition) is 1. The Bertz CT molecular complexity index is 34.5. The van der Waals surface area contributed by atoms with Gasteiger partial charge in [0, 0.05) is 0 Å². The summed E-state index contributed by atoms with van der Waals surface area (Å²) in [4.78, 5) is 8.24. The summed E-state index contributed by atoms with van der Waals surface area (Å²) in [7, 11) is 0. The van der Waals surface area contributed by atoms with Gasteiger partial charge in [-0.3, -0.25) is 4.79 Å². The van der Waals surface area contributed by atoms with Crippen LogP contribution in [0, 0.1) is 0 Å². The Balaban J connectivity index is -0.00000000667. The van der Waals surface area contributed by atoms with Gasteiger partial charge in [-0.25, -0.2) is 0 Å². The van der Waals surface area contributed by atoms with Gasteiger partial charge in [0.1, 0.15) is 0 Å². The van der Waals surface area contributed by atoms with Crippen molar-refractivity contribution in [2.45, 2.75) is 0 Å². The molecule has 0 fully saturated rings. The fraction of sp³-hybridized carbons (Fsp3) is 0. The minimum absolute atomic E-state index is 0.